The Kier molecular flexibility index (Phi) is 4.71. The molecule has 0 bridgehead atoms. The fraction of sp³-hybridized carbons (Fsp3) is 0. The molecule has 0 atom stereocenters. The molecular formula is C22H13ClN2O3S. The number of fused-ring (bicyclic) bond motifs is 1. The minimum absolute atomic E-state index is 0.0298. The highest BCUT2D eigenvalue weighted by Crippen LogP contribution is 2.40. The SMILES string of the molecule is N#Cc1cccc(N2C=C(C(=O)c3ccc(Cl)cc3)S(=O)(=O)c3ccccc32)c1. The zero-order valence-corrected chi connectivity index (χ0v) is 16.5. The second-order valence-corrected chi connectivity index (χ2v) is 8.66. The topological polar surface area (TPSA) is 78.2 Å². The van der Waals surface area contributed by atoms with E-state index in [1.807, 2.05) is 0 Å². The first kappa shape index (κ1) is 18.9. The molecule has 0 saturated heterocycles. The zero-order valence-electron chi connectivity index (χ0n) is 14.9. The van der Waals surface area contributed by atoms with Crippen molar-refractivity contribution in [1.82, 2.24) is 0 Å². The van der Waals surface area contributed by atoms with E-state index >= 15 is 0 Å². The van der Waals surface area contributed by atoms with Crippen LogP contribution in [0.15, 0.2) is 88.8 Å². The summed E-state index contributed by atoms with van der Waals surface area (Å²) in [6.07, 6.45) is 1.31. The number of carbonyl (C=O) groups is 1. The molecule has 0 saturated carbocycles. The number of para-hydroxylation sites is 1. The van der Waals surface area contributed by atoms with Gasteiger partial charge in [-0.2, -0.15) is 5.26 Å². The number of halogens is 1. The van der Waals surface area contributed by atoms with Gasteiger partial charge in [-0.25, -0.2) is 8.42 Å². The monoisotopic (exact) mass is 420 g/mol. The lowest BCUT2D eigenvalue weighted by Crippen LogP contribution is -2.25. The van der Waals surface area contributed by atoms with Crippen molar-refractivity contribution in [2.45, 2.75) is 4.90 Å². The Morgan fingerprint density at radius 3 is 2.41 bits per heavy atom. The van der Waals surface area contributed by atoms with Crippen LogP contribution in [0.3, 0.4) is 0 Å². The highest BCUT2D eigenvalue weighted by molar-refractivity contribution is 7.96. The van der Waals surface area contributed by atoms with Crippen LogP contribution in [0.4, 0.5) is 11.4 Å². The van der Waals surface area contributed by atoms with Gasteiger partial charge in [-0.05, 0) is 54.6 Å². The Bertz CT molecular complexity index is 1310. The van der Waals surface area contributed by atoms with E-state index in [9.17, 15) is 18.5 Å². The number of Topliss-reactive ketones (excluding diaryl/α,β-unsaturated/α-hetero) is 1. The number of anilines is 2. The van der Waals surface area contributed by atoms with Gasteiger partial charge in [0.25, 0.3) is 0 Å². The maximum Gasteiger partial charge on any atom is 0.214 e. The number of allylic oxidation sites excluding steroid dienone is 1. The predicted molar refractivity (Wildman–Crippen MR) is 111 cm³/mol. The van der Waals surface area contributed by atoms with Gasteiger partial charge in [0.05, 0.1) is 22.2 Å². The number of carbonyl (C=O) groups excluding carboxylic acids is 1. The third kappa shape index (κ3) is 3.31. The third-order valence-corrected chi connectivity index (χ3v) is 6.58. The molecule has 0 amide bonds. The van der Waals surface area contributed by atoms with E-state index < -0.39 is 15.6 Å². The van der Waals surface area contributed by atoms with E-state index in [0.717, 1.165) is 0 Å². The summed E-state index contributed by atoms with van der Waals surface area (Å²) in [6.45, 7) is 0. The molecule has 3 aromatic rings. The quantitative estimate of drug-likeness (QED) is 0.565. The Labute approximate surface area is 173 Å². The van der Waals surface area contributed by atoms with Gasteiger partial charge < -0.3 is 4.90 Å². The van der Waals surface area contributed by atoms with Crippen molar-refractivity contribution in [3.8, 4) is 6.07 Å². The molecule has 5 nitrogen and oxygen atoms in total. The largest absolute Gasteiger partial charge is 0.314 e. The predicted octanol–water partition coefficient (Wildman–Crippen LogP) is 4.86. The Morgan fingerprint density at radius 2 is 1.69 bits per heavy atom. The van der Waals surface area contributed by atoms with Crippen molar-refractivity contribution in [3.05, 3.63) is 100 Å². The summed E-state index contributed by atoms with van der Waals surface area (Å²) in [4.78, 5) is 14.4. The number of benzene rings is 3. The second-order valence-electron chi connectivity index (χ2n) is 6.33. The number of sulfone groups is 1. The van der Waals surface area contributed by atoms with Gasteiger partial charge >= 0.3 is 0 Å². The van der Waals surface area contributed by atoms with Gasteiger partial charge in [-0.1, -0.05) is 29.8 Å². The lowest BCUT2D eigenvalue weighted by atomic mass is 10.1. The lowest BCUT2D eigenvalue weighted by molar-refractivity contribution is 0.104. The summed E-state index contributed by atoms with van der Waals surface area (Å²) in [5, 5.41) is 9.65. The van der Waals surface area contributed by atoms with Gasteiger partial charge in [0.1, 0.15) is 4.91 Å². The van der Waals surface area contributed by atoms with E-state index in [1.54, 1.807) is 47.4 Å². The van der Waals surface area contributed by atoms with Crippen LogP contribution in [0, 0.1) is 11.3 Å². The fourth-order valence-electron chi connectivity index (χ4n) is 3.12. The molecular weight excluding hydrogens is 408 g/mol. The maximum atomic E-state index is 13.2. The summed E-state index contributed by atoms with van der Waals surface area (Å²) < 4.78 is 26.4. The molecule has 29 heavy (non-hydrogen) atoms. The molecule has 0 spiro atoms. The summed E-state index contributed by atoms with van der Waals surface area (Å²) in [6, 6.07) is 21.3. The van der Waals surface area contributed by atoms with Crippen LogP contribution in [0.25, 0.3) is 0 Å². The van der Waals surface area contributed by atoms with Gasteiger partial charge in [0.15, 0.2) is 0 Å². The van der Waals surface area contributed by atoms with Gasteiger partial charge in [0, 0.05) is 22.5 Å². The van der Waals surface area contributed by atoms with E-state index in [-0.39, 0.29) is 15.4 Å². The number of nitrogens with zero attached hydrogens (tertiary/aromatic N) is 2. The van der Waals surface area contributed by atoms with E-state index in [1.165, 1.54) is 36.5 Å². The molecule has 0 aromatic heterocycles. The summed E-state index contributed by atoms with van der Waals surface area (Å²) in [5.41, 5.74) is 1.63. The van der Waals surface area contributed by atoms with Crippen molar-refractivity contribution in [1.29, 1.82) is 5.26 Å². The number of hydrogen-bond acceptors (Lipinski definition) is 5. The van der Waals surface area contributed by atoms with Crippen LogP contribution in [0.2, 0.25) is 5.02 Å². The highest BCUT2D eigenvalue weighted by atomic mass is 35.5. The van der Waals surface area contributed by atoms with Crippen LogP contribution >= 0.6 is 11.6 Å². The van der Waals surface area contributed by atoms with E-state index in [2.05, 4.69) is 6.07 Å². The minimum atomic E-state index is -4.03. The maximum absolute atomic E-state index is 13.2. The minimum Gasteiger partial charge on any atom is -0.314 e. The smallest absolute Gasteiger partial charge is 0.214 e. The normalized spacial score (nSPS) is 14.5. The third-order valence-electron chi connectivity index (χ3n) is 4.53. The molecule has 7 heteroatoms. The average molecular weight is 421 g/mol. The van der Waals surface area contributed by atoms with Crippen LogP contribution < -0.4 is 4.90 Å². The molecule has 0 aliphatic carbocycles. The number of ketones is 1. The van der Waals surface area contributed by atoms with Gasteiger partial charge in [-0.3, -0.25) is 4.79 Å². The van der Waals surface area contributed by atoms with Crippen LogP contribution in [-0.4, -0.2) is 14.2 Å². The highest BCUT2D eigenvalue weighted by Gasteiger charge is 2.36. The van der Waals surface area contributed by atoms with Crippen molar-refractivity contribution in [2.24, 2.45) is 0 Å². The number of hydrogen-bond donors (Lipinski definition) is 0. The first-order chi connectivity index (χ1) is 13.9. The molecule has 0 radical (unpaired) electrons. The van der Waals surface area contributed by atoms with E-state index in [4.69, 9.17) is 11.6 Å². The van der Waals surface area contributed by atoms with Crippen LogP contribution in [0.5, 0.6) is 0 Å². The zero-order chi connectivity index (χ0) is 20.6. The molecule has 0 N–H and O–H groups in total. The average Bonchev–Trinajstić information content (AvgIpc) is 2.74. The number of nitriles is 1. The Hall–Kier alpha value is -3.40. The van der Waals surface area contributed by atoms with Crippen molar-refractivity contribution < 1.29 is 13.2 Å². The van der Waals surface area contributed by atoms with Crippen molar-refractivity contribution in [2.75, 3.05) is 4.90 Å². The van der Waals surface area contributed by atoms with Crippen molar-refractivity contribution in [3.63, 3.8) is 0 Å². The summed E-state index contributed by atoms with van der Waals surface area (Å²) >= 11 is 5.88. The summed E-state index contributed by atoms with van der Waals surface area (Å²) in [7, 11) is -4.03. The second kappa shape index (κ2) is 7.21. The molecule has 1 aliphatic rings. The molecule has 142 valence electrons. The molecule has 1 aliphatic heterocycles. The molecule has 1 heterocycles. The molecule has 3 aromatic carbocycles. The van der Waals surface area contributed by atoms with Gasteiger partial charge in [-0.15, -0.1) is 0 Å². The Morgan fingerprint density at radius 1 is 0.966 bits per heavy atom. The first-order valence-electron chi connectivity index (χ1n) is 8.57. The number of rotatable bonds is 3. The first-order valence-corrected chi connectivity index (χ1v) is 10.4. The lowest BCUT2D eigenvalue weighted by Gasteiger charge is -2.29. The van der Waals surface area contributed by atoms with E-state index in [0.29, 0.717) is 22.0 Å². The van der Waals surface area contributed by atoms with Gasteiger partial charge in [0.2, 0.25) is 15.6 Å². The molecule has 0 unspecified atom stereocenters. The summed E-state index contributed by atoms with van der Waals surface area (Å²) in [5.74, 6) is -0.627. The molecule has 4 rings (SSSR count). The fourth-order valence-corrected chi connectivity index (χ4v) is 4.79. The standard InChI is InChI=1S/C22H13ClN2O3S/c23-17-10-8-16(9-11-17)22(26)21-14-25(18-5-3-4-15(12-18)13-24)19-6-1-2-7-20(19)29(21,27)28/h1-12,14H. The van der Waals surface area contributed by atoms with Crippen molar-refractivity contribution >= 4 is 38.6 Å². The Balaban J connectivity index is 1.92. The van der Waals surface area contributed by atoms with Crippen LogP contribution in [0.1, 0.15) is 15.9 Å². The van der Waals surface area contributed by atoms with Crippen LogP contribution in [-0.2, 0) is 9.84 Å². The molecule has 0 fully saturated rings.